The number of amides is 1. The molecule has 1 unspecified atom stereocenters. The number of nitrogens with zero attached hydrogens (tertiary/aromatic N) is 1. The highest BCUT2D eigenvalue weighted by molar-refractivity contribution is 6.52. The number of aryl methyl sites for hydroxylation is 1. The van der Waals surface area contributed by atoms with Gasteiger partial charge in [0.05, 0.1) is 43.5 Å². The van der Waals surface area contributed by atoms with Crippen LogP contribution in [0.3, 0.4) is 0 Å². The number of anilines is 1. The third-order valence-corrected chi connectivity index (χ3v) is 6.28. The van der Waals surface area contributed by atoms with Gasteiger partial charge >= 0.3 is 0 Å². The van der Waals surface area contributed by atoms with Crippen molar-refractivity contribution in [3.63, 3.8) is 0 Å². The third kappa shape index (κ3) is 4.08. The Labute approximate surface area is 208 Å². The lowest BCUT2D eigenvalue weighted by Crippen LogP contribution is -2.30. The Balaban J connectivity index is 2.04. The quantitative estimate of drug-likeness (QED) is 0.285. The SMILES string of the molecule is COc1cc(OC)c(/C(O)=C2\C(=O)C(=O)N(c3ccccc3C)C2c2ccccc2OC)cc1Cl. The highest BCUT2D eigenvalue weighted by Crippen LogP contribution is 2.47. The van der Waals surface area contributed by atoms with Crippen molar-refractivity contribution < 1.29 is 28.9 Å². The van der Waals surface area contributed by atoms with Crippen LogP contribution in [-0.4, -0.2) is 38.1 Å². The Kier molecular flexibility index (Phi) is 6.71. The minimum atomic E-state index is -0.960. The van der Waals surface area contributed by atoms with Gasteiger partial charge in [0, 0.05) is 17.3 Å². The van der Waals surface area contributed by atoms with E-state index in [1.165, 1.54) is 38.4 Å². The maximum absolute atomic E-state index is 13.5. The number of benzene rings is 3. The lowest BCUT2D eigenvalue weighted by molar-refractivity contribution is -0.132. The van der Waals surface area contributed by atoms with E-state index in [4.69, 9.17) is 25.8 Å². The molecule has 1 aliphatic rings. The second kappa shape index (κ2) is 9.72. The van der Waals surface area contributed by atoms with Gasteiger partial charge < -0.3 is 19.3 Å². The number of Topliss-reactive ketones (excluding diaryl/α,β-unsaturated/α-hetero) is 1. The second-order valence-electron chi connectivity index (χ2n) is 7.88. The van der Waals surface area contributed by atoms with E-state index >= 15 is 0 Å². The summed E-state index contributed by atoms with van der Waals surface area (Å²) in [4.78, 5) is 28.3. The maximum atomic E-state index is 13.5. The van der Waals surface area contributed by atoms with Crippen molar-refractivity contribution in [2.24, 2.45) is 0 Å². The van der Waals surface area contributed by atoms with Crippen LogP contribution in [0.1, 0.15) is 22.7 Å². The molecule has 0 spiro atoms. The lowest BCUT2D eigenvalue weighted by Gasteiger charge is -2.28. The molecular formula is C27H24ClNO6. The molecule has 7 nitrogen and oxygen atoms in total. The Bertz CT molecular complexity index is 1350. The van der Waals surface area contributed by atoms with Crippen LogP contribution in [0.15, 0.2) is 66.2 Å². The zero-order valence-electron chi connectivity index (χ0n) is 19.7. The maximum Gasteiger partial charge on any atom is 0.300 e. The first-order chi connectivity index (χ1) is 16.8. The molecule has 0 bridgehead atoms. The van der Waals surface area contributed by atoms with Crippen molar-refractivity contribution in [2.45, 2.75) is 13.0 Å². The molecule has 0 saturated carbocycles. The average Bonchev–Trinajstić information content (AvgIpc) is 3.13. The number of aliphatic hydroxyl groups is 1. The largest absolute Gasteiger partial charge is 0.507 e. The van der Waals surface area contributed by atoms with Crippen molar-refractivity contribution in [2.75, 3.05) is 26.2 Å². The molecule has 1 amide bonds. The molecule has 8 heteroatoms. The number of methoxy groups -OCH3 is 3. The molecule has 1 atom stereocenters. The minimum absolute atomic E-state index is 0.109. The first-order valence-electron chi connectivity index (χ1n) is 10.8. The van der Waals surface area contributed by atoms with Gasteiger partial charge in [-0.1, -0.05) is 48.0 Å². The second-order valence-corrected chi connectivity index (χ2v) is 8.29. The number of ether oxygens (including phenoxy) is 3. The monoisotopic (exact) mass is 493 g/mol. The fourth-order valence-corrected chi connectivity index (χ4v) is 4.53. The van der Waals surface area contributed by atoms with Crippen LogP contribution in [0.25, 0.3) is 5.76 Å². The van der Waals surface area contributed by atoms with Crippen LogP contribution < -0.4 is 19.1 Å². The van der Waals surface area contributed by atoms with Crippen LogP contribution in [-0.2, 0) is 9.59 Å². The van der Waals surface area contributed by atoms with Gasteiger partial charge in [-0.05, 0) is 30.7 Å². The summed E-state index contributed by atoms with van der Waals surface area (Å²) in [5.74, 6) is -1.00. The molecular weight excluding hydrogens is 470 g/mol. The van der Waals surface area contributed by atoms with Gasteiger partial charge in [-0.15, -0.1) is 0 Å². The first-order valence-corrected chi connectivity index (χ1v) is 11.1. The predicted molar refractivity (Wildman–Crippen MR) is 134 cm³/mol. The standard InChI is InChI=1S/C27H24ClNO6/c1-15-9-5-7-11-19(15)29-24(16-10-6-8-12-20(16)33-2)23(26(31)27(29)32)25(30)17-13-18(28)22(35-4)14-21(17)34-3/h5-14,24,30H,1-4H3/b25-23+. The van der Waals surface area contributed by atoms with E-state index in [9.17, 15) is 14.7 Å². The van der Waals surface area contributed by atoms with Crippen molar-refractivity contribution in [1.82, 2.24) is 0 Å². The van der Waals surface area contributed by atoms with E-state index in [1.54, 1.807) is 36.4 Å². The van der Waals surface area contributed by atoms with E-state index in [-0.39, 0.29) is 21.9 Å². The highest BCUT2D eigenvalue weighted by atomic mass is 35.5. The molecule has 1 aliphatic heterocycles. The summed E-state index contributed by atoms with van der Waals surface area (Å²) in [6.07, 6.45) is 0. The number of hydrogen-bond donors (Lipinski definition) is 1. The van der Waals surface area contributed by atoms with Crippen LogP contribution in [0.2, 0.25) is 5.02 Å². The van der Waals surface area contributed by atoms with Gasteiger partial charge in [-0.25, -0.2) is 0 Å². The molecule has 3 aromatic rings. The molecule has 180 valence electrons. The zero-order valence-corrected chi connectivity index (χ0v) is 20.4. The van der Waals surface area contributed by atoms with Gasteiger partial charge in [0.1, 0.15) is 23.0 Å². The topological polar surface area (TPSA) is 85.3 Å². The number of carbonyl (C=O) groups is 2. The van der Waals surface area contributed by atoms with Gasteiger partial charge in [-0.2, -0.15) is 0 Å². The number of rotatable bonds is 6. The Morgan fingerprint density at radius 1 is 0.886 bits per heavy atom. The Morgan fingerprint density at radius 2 is 1.51 bits per heavy atom. The zero-order chi connectivity index (χ0) is 25.3. The van der Waals surface area contributed by atoms with E-state index in [2.05, 4.69) is 0 Å². The molecule has 0 aromatic heterocycles. The minimum Gasteiger partial charge on any atom is -0.507 e. The molecule has 0 radical (unpaired) electrons. The van der Waals surface area contributed by atoms with E-state index < -0.39 is 23.5 Å². The number of ketones is 1. The molecule has 35 heavy (non-hydrogen) atoms. The van der Waals surface area contributed by atoms with Gasteiger partial charge in [0.15, 0.2) is 0 Å². The molecule has 1 fully saturated rings. The van der Waals surface area contributed by atoms with Gasteiger partial charge in [-0.3, -0.25) is 14.5 Å². The van der Waals surface area contributed by atoms with Crippen molar-refractivity contribution in [3.8, 4) is 17.2 Å². The number of aliphatic hydroxyl groups excluding tert-OH is 1. The number of para-hydroxylation sites is 2. The summed E-state index contributed by atoms with van der Waals surface area (Å²) < 4.78 is 16.2. The predicted octanol–water partition coefficient (Wildman–Crippen LogP) is 5.30. The fourth-order valence-electron chi connectivity index (χ4n) is 4.29. The van der Waals surface area contributed by atoms with E-state index in [0.29, 0.717) is 22.7 Å². The summed E-state index contributed by atoms with van der Waals surface area (Å²) in [6, 6.07) is 16.3. The molecule has 4 rings (SSSR count). The summed E-state index contributed by atoms with van der Waals surface area (Å²) >= 11 is 6.32. The molecule has 1 N–H and O–H groups in total. The normalized spacial score (nSPS) is 16.9. The van der Waals surface area contributed by atoms with Crippen LogP contribution in [0.5, 0.6) is 17.2 Å². The smallest absolute Gasteiger partial charge is 0.300 e. The number of carbonyl (C=O) groups excluding carboxylic acids is 2. The molecule has 0 aliphatic carbocycles. The van der Waals surface area contributed by atoms with Crippen LogP contribution in [0.4, 0.5) is 5.69 Å². The molecule has 1 heterocycles. The van der Waals surface area contributed by atoms with Crippen molar-refractivity contribution >= 4 is 34.7 Å². The number of hydrogen-bond acceptors (Lipinski definition) is 6. The van der Waals surface area contributed by atoms with Crippen molar-refractivity contribution in [3.05, 3.63) is 87.9 Å². The van der Waals surface area contributed by atoms with E-state index in [0.717, 1.165) is 5.56 Å². The molecule has 3 aromatic carbocycles. The first kappa shape index (κ1) is 24.2. The fraction of sp³-hybridized carbons (Fsp3) is 0.185. The third-order valence-electron chi connectivity index (χ3n) is 5.98. The average molecular weight is 494 g/mol. The van der Waals surface area contributed by atoms with Crippen LogP contribution >= 0.6 is 11.6 Å². The van der Waals surface area contributed by atoms with E-state index in [1.807, 2.05) is 19.1 Å². The summed E-state index contributed by atoms with van der Waals surface area (Å²) in [5, 5.41) is 11.7. The summed E-state index contributed by atoms with van der Waals surface area (Å²) in [5.41, 5.74) is 1.92. The molecule has 1 saturated heterocycles. The highest BCUT2D eigenvalue weighted by Gasteiger charge is 2.48. The van der Waals surface area contributed by atoms with Gasteiger partial charge in [0.2, 0.25) is 0 Å². The summed E-state index contributed by atoms with van der Waals surface area (Å²) in [6.45, 7) is 1.85. The Morgan fingerprint density at radius 3 is 2.17 bits per heavy atom. The van der Waals surface area contributed by atoms with Gasteiger partial charge in [0.25, 0.3) is 11.7 Å². The van der Waals surface area contributed by atoms with Crippen molar-refractivity contribution in [1.29, 1.82) is 0 Å². The number of halogens is 1. The van der Waals surface area contributed by atoms with Crippen LogP contribution in [0, 0.1) is 6.92 Å². The lowest BCUT2D eigenvalue weighted by atomic mass is 9.94. The summed E-state index contributed by atoms with van der Waals surface area (Å²) in [7, 11) is 4.38. The Hall–Kier alpha value is -3.97.